The molecule has 2 N–H and O–H groups in total. The molecule has 1 aliphatic heterocycles. The van der Waals surface area contributed by atoms with Crippen molar-refractivity contribution in [1.29, 1.82) is 0 Å². The predicted octanol–water partition coefficient (Wildman–Crippen LogP) is 4.38. The lowest BCUT2D eigenvalue weighted by Crippen LogP contribution is -2.40. The number of halogens is 1. The molecule has 2 aromatic rings. The molecule has 0 radical (unpaired) electrons. The first-order valence-electron chi connectivity index (χ1n) is 7.67. The van der Waals surface area contributed by atoms with Gasteiger partial charge >= 0.3 is 0 Å². The van der Waals surface area contributed by atoms with Crippen molar-refractivity contribution in [2.45, 2.75) is 29.9 Å². The molecule has 1 aliphatic rings. The number of rotatable bonds is 3. The average molecular weight is 347 g/mol. The first kappa shape index (κ1) is 16.2. The fraction of sp³-hybridized carbons (Fsp3) is 0.278. The molecule has 3 rings (SSSR count). The second-order valence-electron chi connectivity index (χ2n) is 5.65. The van der Waals surface area contributed by atoms with Gasteiger partial charge in [-0.2, -0.15) is 0 Å². The number of amides is 1. The third-order valence-corrected chi connectivity index (χ3v) is 5.38. The van der Waals surface area contributed by atoms with Gasteiger partial charge < -0.3 is 10.6 Å². The van der Waals surface area contributed by atoms with Crippen LogP contribution in [0.5, 0.6) is 0 Å². The molecule has 1 unspecified atom stereocenters. The van der Waals surface area contributed by atoms with Crippen LogP contribution in [-0.2, 0) is 11.2 Å². The highest BCUT2D eigenvalue weighted by Crippen LogP contribution is 2.34. The van der Waals surface area contributed by atoms with Crippen molar-refractivity contribution >= 4 is 40.6 Å². The van der Waals surface area contributed by atoms with Gasteiger partial charge in [-0.3, -0.25) is 4.79 Å². The maximum Gasteiger partial charge on any atom is 0.240 e. The lowest BCUT2D eigenvalue weighted by molar-refractivity contribution is -0.117. The molecule has 1 amide bonds. The molecule has 0 saturated heterocycles. The number of hydrogen-bond donors (Lipinski definition) is 1. The Kier molecular flexibility index (Phi) is 4.83. The van der Waals surface area contributed by atoms with Crippen molar-refractivity contribution in [3.8, 4) is 0 Å². The fourth-order valence-electron chi connectivity index (χ4n) is 2.87. The van der Waals surface area contributed by atoms with Gasteiger partial charge in [-0.1, -0.05) is 17.7 Å². The second kappa shape index (κ2) is 6.85. The van der Waals surface area contributed by atoms with Gasteiger partial charge in [0.05, 0.1) is 5.25 Å². The summed E-state index contributed by atoms with van der Waals surface area (Å²) >= 11 is 7.46. The Morgan fingerprint density at radius 1 is 1.26 bits per heavy atom. The molecule has 0 aromatic heterocycles. The molecular formula is C18H19ClN2OS. The van der Waals surface area contributed by atoms with Crippen LogP contribution in [0.4, 0.5) is 11.4 Å². The number of nitrogens with zero attached hydrogens (tertiary/aromatic N) is 1. The van der Waals surface area contributed by atoms with Gasteiger partial charge in [0.15, 0.2) is 0 Å². The number of thioether (sulfide) groups is 1. The van der Waals surface area contributed by atoms with Gasteiger partial charge in [-0.25, -0.2) is 0 Å². The zero-order valence-electron chi connectivity index (χ0n) is 13.0. The van der Waals surface area contributed by atoms with Crippen molar-refractivity contribution < 1.29 is 4.79 Å². The quantitative estimate of drug-likeness (QED) is 0.662. The van der Waals surface area contributed by atoms with E-state index in [1.807, 2.05) is 54.3 Å². The van der Waals surface area contributed by atoms with E-state index < -0.39 is 0 Å². The van der Waals surface area contributed by atoms with E-state index >= 15 is 0 Å². The minimum atomic E-state index is -0.163. The summed E-state index contributed by atoms with van der Waals surface area (Å²) in [6, 6.07) is 13.4. The van der Waals surface area contributed by atoms with Crippen LogP contribution in [0.25, 0.3) is 0 Å². The Morgan fingerprint density at radius 2 is 2.00 bits per heavy atom. The van der Waals surface area contributed by atoms with E-state index in [0.717, 1.165) is 41.2 Å². The van der Waals surface area contributed by atoms with Gasteiger partial charge in [-0.05, 0) is 61.7 Å². The lowest BCUT2D eigenvalue weighted by atomic mass is 9.99. The monoisotopic (exact) mass is 346 g/mol. The molecular weight excluding hydrogens is 328 g/mol. The van der Waals surface area contributed by atoms with Gasteiger partial charge in [0.2, 0.25) is 5.91 Å². The molecule has 0 aliphatic carbocycles. The maximum absolute atomic E-state index is 12.9. The van der Waals surface area contributed by atoms with E-state index in [9.17, 15) is 4.79 Å². The summed E-state index contributed by atoms with van der Waals surface area (Å²) in [6.45, 7) is 2.70. The highest BCUT2D eigenvalue weighted by Gasteiger charge is 2.27. The summed E-state index contributed by atoms with van der Waals surface area (Å²) in [4.78, 5) is 15.8. The molecule has 0 fully saturated rings. The van der Waals surface area contributed by atoms with E-state index in [1.54, 1.807) is 11.8 Å². The van der Waals surface area contributed by atoms with Crippen molar-refractivity contribution in [2.75, 3.05) is 17.2 Å². The average Bonchev–Trinajstić information content (AvgIpc) is 2.56. The minimum absolute atomic E-state index is 0.122. The first-order chi connectivity index (χ1) is 11.1. The molecule has 5 heteroatoms. The summed E-state index contributed by atoms with van der Waals surface area (Å²) in [5.74, 6) is 0.122. The number of anilines is 2. The SMILES string of the molecule is CC(Sc1ccc(Cl)cc1)C(=O)N1CCCc2c(N)cccc21. The van der Waals surface area contributed by atoms with Crippen LogP contribution in [0.15, 0.2) is 47.4 Å². The molecule has 0 spiro atoms. The highest BCUT2D eigenvalue weighted by molar-refractivity contribution is 8.00. The molecule has 120 valence electrons. The number of benzene rings is 2. The molecule has 1 heterocycles. The van der Waals surface area contributed by atoms with Crippen LogP contribution in [0.1, 0.15) is 18.9 Å². The van der Waals surface area contributed by atoms with E-state index in [2.05, 4.69) is 0 Å². The number of nitrogen functional groups attached to an aromatic ring is 1. The number of nitrogens with two attached hydrogens (primary N) is 1. The normalized spacial score (nSPS) is 15.1. The summed E-state index contributed by atoms with van der Waals surface area (Å²) in [5, 5.41) is 0.539. The molecule has 3 nitrogen and oxygen atoms in total. The Morgan fingerprint density at radius 3 is 2.74 bits per heavy atom. The lowest BCUT2D eigenvalue weighted by Gasteiger charge is -2.32. The van der Waals surface area contributed by atoms with Crippen LogP contribution < -0.4 is 10.6 Å². The minimum Gasteiger partial charge on any atom is -0.398 e. The van der Waals surface area contributed by atoms with Crippen LogP contribution in [-0.4, -0.2) is 17.7 Å². The van der Waals surface area contributed by atoms with Crippen molar-refractivity contribution in [3.63, 3.8) is 0 Å². The molecule has 1 atom stereocenters. The molecule has 23 heavy (non-hydrogen) atoms. The van der Waals surface area contributed by atoms with Crippen LogP contribution in [0.3, 0.4) is 0 Å². The van der Waals surface area contributed by atoms with Crippen molar-refractivity contribution in [1.82, 2.24) is 0 Å². The second-order valence-corrected chi connectivity index (χ2v) is 7.50. The summed E-state index contributed by atoms with van der Waals surface area (Å²) in [6.07, 6.45) is 1.88. The van der Waals surface area contributed by atoms with E-state index in [-0.39, 0.29) is 11.2 Å². The van der Waals surface area contributed by atoms with Crippen LogP contribution >= 0.6 is 23.4 Å². The zero-order valence-corrected chi connectivity index (χ0v) is 14.5. The zero-order chi connectivity index (χ0) is 16.4. The van der Waals surface area contributed by atoms with E-state index in [4.69, 9.17) is 17.3 Å². The largest absolute Gasteiger partial charge is 0.398 e. The Hall–Kier alpha value is -1.65. The first-order valence-corrected chi connectivity index (χ1v) is 8.93. The van der Waals surface area contributed by atoms with E-state index in [1.165, 1.54) is 0 Å². The number of hydrogen-bond acceptors (Lipinski definition) is 3. The molecule has 0 bridgehead atoms. The summed E-state index contributed by atoms with van der Waals surface area (Å²) in [5.41, 5.74) is 8.89. The third kappa shape index (κ3) is 3.48. The number of fused-ring (bicyclic) bond motifs is 1. The Balaban J connectivity index is 1.78. The fourth-order valence-corrected chi connectivity index (χ4v) is 3.92. The van der Waals surface area contributed by atoms with Gasteiger partial charge in [-0.15, -0.1) is 11.8 Å². The van der Waals surface area contributed by atoms with Crippen LogP contribution in [0, 0.1) is 0 Å². The summed E-state index contributed by atoms with van der Waals surface area (Å²) < 4.78 is 0. The van der Waals surface area contributed by atoms with Crippen molar-refractivity contribution in [2.24, 2.45) is 0 Å². The number of carbonyl (C=O) groups is 1. The van der Waals surface area contributed by atoms with Gasteiger partial charge in [0.1, 0.15) is 0 Å². The third-order valence-electron chi connectivity index (χ3n) is 4.03. The van der Waals surface area contributed by atoms with Gasteiger partial charge in [0.25, 0.3) is 0 Å². The predicted molar refractivity (Wildman–Crippen MR) is 98.3 cm³/mol. The highest BCUT2D eigenvalue weighted by atomic mass is 35.5. The molecule has 0 saturated carbocycles. The Bertz CT molecular complexity index is 717. The number of carbonyl (C=O) groups excluding carboxylic acids is 1. The molecule has 2 aromatic carbocycles. The van der Waals surface area contributed by atoms with Crippen molar-refractivity contribution in [3.05, 3.63) is 53.1 Å². The Labute approximate surface area is 145 Å². The standard InChI is InChI=1S/C18H19ClN2OS/c1-12(23-14-9-7-13(19)8-10-14)18(22)21-11-3-4-15-16(20)5-2-6-17(15)21/h2,5-10,12H,3-4,11,20H2,1H3. The van der Waals surface area contributed by atoms with Crippen LogP contribution in [0.2, 0.25) is 5.02 Å². The topological polar surface area (TPSA) is 46.3 Å². The van der Waals surface area contributed by atoms with Gasteiger partial charge in [0, 0.05) is 27.8 Å². The maximum atomic E-state index is 12.9. The van der Waals surface area contributed by atoms with E-state index in [0.29, 0.717) is 5.02 Å². The summed E-state index contributed by atoms with van der Waals surface area (Å²) in [7, 11) is 0. The smallest absolute Gasteiger partial charge is 0.240 e.